The van der Waals surface area contributed by atoms with Crippen LogP contribution >= 0.6 is 0 Å². The van der Waals surface area contributed by atoms with Crippen molar-refractivity contribution < 1.29 is 13.2 Å². The van der Waals surface area contributed by atoms with Gasteiger partial charge in [-0.15, -0.1) is 0 Å². The van der Waals surface area contributed by atoms with Gasteiger partial charge in [-0.2, -0.15) is 13.8 Å². The molecule has 2 rings (SSSR count). The van der Waals surface area contributed by atoms with Crippen LogP contribution in [0, 0.1) is 24.6 Å². The van der Waals surface area contributed by atoms with Gasteiger partial charge in [0.2, 0.25) is 5.95 Å². The van der Waals surface area contributed by atoms with Crippen molar-refractivity contribution in [2.75, 3.05) is 5.73 Å². The average molecular weight is 212 g/mol. The van der Waals surface area contributed by atoms with E-state index in [1.165, 1.54) is 19.1 Å². The number of aromatic nitrogens is 1. The van der Waals surface area contributed by atoms with Crippen molar-refractivity contribution in [3.63, 3.8) is 0 Å². The Balaban J connectivity index is 3.03. The molecule has 78 valence electrons. The number of halogens is 3. The van der Waals surface area contributed by atoms with Crippen LogP contribution in [0.2, 0.25) is 0 Å². The fourth-order valence-electron chi connectivity index (χ4n) is 1.48. The van der Waals surface area contributed by atoms with Gasteiger partial charge in [0.1, 0.15) is 0 Å². The lowest BCUT2D eigenvalue weighted by atomic mass is 10.1. The SMILES string of the molecule is Cc1c(N)ccc2c(F)c(F)nc(F)c12. The molecule has 0 unspecified atom stereocenters. The van der Waals surface area contributed by atoms with Crippen molar-refractivity contribution in [3.05, 3.63) is 35.4 Å². The Labute approximate surface area is 83.5 Å². The Morgan fingerprint density at radius 1 is 1.13 bits per heavy atom. The quantitative estimate of drug-likeness (QED) is 0.538. The first-order valence-corrected chi connectivity index (χ1v) is 4.21. The molecule has 2 nitrogen and oxygen atoms in total. The summed E-state index contributed by atoms with van der Waals surface area (Å²) in [4.78, 5) is 2.84. The maximum Gasteiger partial charge on any atom is 0.252 e. The van der Waals surface area contributed by atoms with E-state index in [-0.39, 0.29) is 10.8 Å². The number of benzene rings is 1. The maximum atomic E-state index is 13.3. The molecule has 0 saturated carbocycles. The molecule has 1 aromatic heterocycles. The highest BCUT2D eigenvalue weighted by Gasteiger charge is 2.16. The van der Waals surface area contributed by atoms with E-state index in [0.717, 1.165) is 0 Å². The van der Waals surface area contributed by atoms with Crippen molar-refractivity contribution in [2.45, 2.75) is 6.92 Å². The van der Waals surface area contributed by atoms with Gasteiger partial charge in [-0.3, -0.25) is 0 Å². The molecular weight excluding hydrogens is 205 g/mol. The highest BCUT2D eigenvalue weighted by molar-refractivity contribution is 5.89. The zero-order valence-electron chi connectivity index (χ0n) is 7.81. The molecule has 1 heterocycles. The number of hydrogen-bond acceptors (Lipinski definition) is 2. The Bertz CT molecular complexity index is 552. The summed E-state index contributed by atoms with van der Waals surface area (Å²) in [5, 5.41) is -0.222. The van der Waals surface area contributed by atoms with Crippen molar-refractivity contribution in [3.8, 4) is 0 Å². The van der Waals surface area contributed by atoms with Crippen LogP contribution in [0.5, 0.6) is 0 Å². The third-order valence-electron chi connectivity index (χ3n) is 2.33. The van der Waals surface area contributed by atoms with Gasteiger partial charge in [0.05, 0.1) is 0 Å². The molecule has 2 N–H and O–H groups in total. The second kappa shape index (κ2) is 3.12. The minimum absolute atomic E-state index is 0.0751. The highest BCUT2D eigenvalue weighted by atomic mass is 19.2. The van der Waals surface area contributed by atoms with E-state index in [1.807, 2.05) is 0 Å². The van der Waals surface area contributed by atoms with Gasteiger partial charge >= 0.3 is 0 Å². The van der Waals surface area contributed by atoms with Crippen LogP contribution in [0.3, 0.4) is 0 Å². The summed E-state index contributed by atoms with van der Waals surface area (Å²) in [6.07, 6.45) is 0. The topological polar surface area (TPSA) is 38.9 Å². The van der Waals surface area contributed by atoms with E-state index in [4.69, 9.17) is 5.73 Å². The summed E-state index contributed by atoms with van der Waals surface area (Å²) in [5.74, 6) is -3.65. The number of nitrogens with zero attached hydrogens (tertiary/aromatic N) is 1. The predicted molar refractivity (Wildman–Crippen MR) is 50.8 cm³/mol. The summed E-state index contributed by atoms with van der Waals surface area (Å²) in [5.41, 5.74) is 6.20. The van der Waals surface area contributed by atoms with E-state index < -0.39 is 17.7 Å². The molecule has 0 aliphatic carbocycles. The van der Waals surface area contributed by atoms with E-state index in [1.54, 1.807) is 0 Å². The van der Waals surface area contributed by atoms with Crippen LogP contribution in [0.15, 0.2) is 12.1 Å². The van der Waals surface area contributed by atoms with Crippen molar-refractivity contribution in [2.24, 2.45) is 0 Å². The number of hydrogen-bond donors (Lipinski definition) is 1. The van der Waals surface area contributed by atoms with Crippen LogP contribution in [-0.2, 0) is 0 Å². The first kappa shape index (κ1) is 9.76. The van der Waals surface area contributed by atoms with Crippen molar-refractivity contribution in [1.29, 1.82) is 0 Å². The normalized spacial score (nSPS) is 10.9. The molecule has 0 spiro atoms. The monoisotopic (exact) mass is 212 g/mol. The maximum absolute atomic E-state index is 13.3. The number of aryl methyl sites for hydroxylation is 1. The predicted octanol–water partition coefficient (Wildman–Crippen LogP) is 2.54. The number of anilines is 1. The Hall–Kier alpha value is -1.78. The third kappa shape index (κ3) is 1.31. The minimum atomic E-state index is -1.44. The molecular formula is C10H7F3N2. The molecule has 0 aliphatic rings. The van der Waals surface area contributed by atoms with Gasteiger partial charge in [-0.05, 0) is 24.6 Å². The van der Waals surface area contributed by atoms with Gasteiger partial charge in [0.25, 0.3) is 5.95 Å². The number of fused-ring (bicyclic) bond motifs is 1. The fraction of sp³-hybridized carbons (Fsp3) is 0.100. The molecule has 0 fully saturated rings. The fourth-order valence-corrected chi connectivity index (χ4v) is 1.48. The van der Waals surface area contributed by atoms with Gasteiger partial charge < -0.3 is 5.73 Å². The molecule has 15 heavy (non-hydrogen) atoms. The highest BCUT2D eigenvalue weighted by Crippen LogP contribution is 2.27. The molecule has 0 bridgehead atoms. The van der Waals surface area contributed by atoms with E-state index in [2.05, 4.69) is 4.98 Å². The Morgan fingerprint density at radius 2 is 1.80 bits per heavy atom. The van der Waals surface area contributed by atoms with E-state index >= 15 is 0 Å². The molecule has 0 radical (unpaired) electrons. The van der Waals surface area contributed by atoms with Crippen LogP contribution < -0.4 is 5.73 Å². The first-order chi connectivity index (χ1) is 7.02. The van der Waals surface area contributed by atoms with Crippen LogP contribution in [0.25, 0.3) is 10.8 Å². The summed E-state index contributed by atoms with van der Waals surface area (Å²) in [6, 6.07) is 2.64. The number of pyridine rings is 1. The van der Waals surface area contributed by atoms with Gasteiger partial charge in [-0.25, -0.2) is 4.39 Å². The van der Waals surface area contributed by atoms with Crippen molar-refractivity contribution >= 4 is 16.5 Å². The first-order valence-electron chi connectivity index (χ1n) is 4.21. The molecule has 0 aliphatic heterocycles. The zero-order chi connectivity index (χ0) is 11.2. The molecule has 0 atom stereocenters. The molecule has 2 aromatic rings. The zero-order valence-corrected chi connectivity index (χ0v) is 7.81. The summed E-state index contributed by atoms with van der Waals surface area (Å²) < 4.78 is 39.3. The van der Waals surface area contributed by atoms with Crippen LogP contribution in [0.1, 0.15) is 5.56 Å². The molecule has 5 heteroatoms. The second-order valence-corrected chi connectivity index (χ2v) is 3.21. The van der Waals surface area contributed by atoms with E-state index in [9.17, 15) is 13.2 Å². The minimum Gasteiger partial charge on any atom is -0.398 e. The molecule has 1 aromatic carbocycles. The largest absolute Gasteiger partial charge is 0.398 e. The number of rotatable bonds is 0. The Morgan fingerprint density at radius 3 is 2.47 bits per heavy atom. The van der Waals surface area contributed by atoms with Gasteiger partial charge in [-0.1, -0.05) is 0 Å². The lowest BCUT2D eigenvalue weighted by molar-refractivity contribution is 0.459. The lowest BCUT2D eigenvalue weighted by Crippen LogP contribution is -2.00. The van der Waals surface area contributed by atoms with Crippen molar-refractivity contribution in [1.82, 2.24) is 4.98 Å². The third-order valence-corrected chi connectivity index (χ3v) is 2.33. The van der Waals surface area contributed by atoms with Gasteiger partial charge in [0, 0.05) is 16.5 Å². The van der Waals surface area contributed by atoms with Gasteiger partial charge in [0.15, 0.2) is 5.82 Å². The lowest BCUT2D eigenvalue weighted by Gasteiger charge is -2.07. The van der Waals surface area contributed by atoms with Crippen LogP contribution in [-0.4, -0.2) is 4.98 Å². The number of nitrogen functional groups attached to an aromatic ring is 1. The molecule has 0 amide bonds. The summed E-state index contributed by atoms with van der Waals surface area (Å²) >= 11 is 0. The second-order valence-electron chi connectivity index (χ2n) is 3.21. The molecule has 0 saturated heterocycles. The summed E-state index contributed by atoms with van der Waals surface area (Å²) in [6.45, 7) is 1.53. The van der Waals surface area contributed by atoms with Crippen LogP contribution in [0.4, 0.5) is 18.9 Å². The summed E-state index contributed by atoms with van der Waals surface area (Å²) in [7, 11) is 0. The standard InChI is InChI=1S/C10H7F3N2/c1-4-6(14)3-2-5-7(4)9(12)15-10(13)8(5)11/h2-3H,14H2,1H3. The smallest absolute Gasteiger partial charge is 0.252 e. The van der Waals surface area contributed by atoms with E-state index in [0.29, 0.717) is 11.3 Å². The Kier molecular flexibility index (Phi) is 2.03. The number of nitrogens with two attached hydrogens (primary N) is 1. The average Bonchev–Trinajstić information content (AvgIpc) is 2.18.